The van der Waals surface area contributed by atoms with E-state index in [-0.39, 0.29) is 5.69 Å². The van der Waals surface area contributed by atoms with Crippen molar-refractivity contribution < 1.29 is 8.78 Å². The number of hydrogen-bond acceptors (Lipinski definition) is 1. The van der Waals surface area contributed by atoms with Crippen LogP contribution in [0.4, 0.5) is 14.5 Å². The third-order valence-electron chi connectivity index (χ3n) is 3.20. The number of piperidine rings is 1. The van der Waals surface area contributed by atoms with Crippen LogP contribution in [0.25, 0.3) is 0 Å². The molecular weight excluding hydrogens is 288 g/mol. The van der Waals surface area contributed by atoms with Gasteiger partial charge in [0, 0.05) is 18.4 Å². The third kappa shape index (κ3) is 2.79. The molecule has 1 atom stereocenters. The molecule has 1 saturated heterocycles. The smallest absolute Gasteiger partial charge is 0.149 e. The molecule has 1 aliphatic rings. The summed E-state index contributed by atoms with van der Waals surface area (Å²) < 4.78 is 27.8. The molecule has 0 N–H and O–H groups in total. The van der Waals surface area contributed by atoms with Gasteiger partial charge in [0.1, 0.15) is 17.3 Å². The highest BCUT2D eigenvalue weighted by molar-refractivity contribution is 9.08. The van der Waals surface area contributed by atoms with Gasteiger partial charge in [-0.3, -0.25) is 0 Å². The number of hydrogen-bond donors (Lipinski definition) is 0. The lowest BCUT2D eigenvalue weighted by Crippen LogP contribution is -2.35. The minimum absolute atomic E-state index is 0.140. The molecule has 0 aromatic heterocycles. The number of rotatable bonds is 2. The Balaban J connectivity index is 2.31. The predicted octanol–water partition coefficient (Wildman–Crippen LogP) is 4.10. The summed E-state index contributed by atoms with van der Waals surface area (Å²) >= 11 is 3.21. The number of anilines is 1. The molecule has 0 spiro atoms. The van der Waals surface area contributed by atoms with E-state index in [4.69, 9.17) is 0 Å². The van der Waals surface area contributed by atoms with Gasteiger partial charge in [0.25, 0.3) is 0 Å². The number of alkyl halides is 1. The van der Waals surface area contributed by atoms with Gasteiger partial charge >= 0.3 is 0 Å². The molecule has 1 aliphatic heterocycles. The van der Waals surface area contributed by atoms with Gasteiger partial charge in [-0.25, -0.2) is 8.78 Å². The maximum atomic E-state index is 13.9. The number of halogens is 3. The van der Waals surface area contributed by atoms with Gasteiger partial charge in [-0.05, 0) is 36.5 Å². The third-order valence-corrected chi connectivity index (χ3v) is 3.85. The van der Waals surface area contributed by atoms with Crippen LogP contribution in [0, 0.1) is 17.6 Å². The minimum Gasteiger partial charge on any atom is -0.367 e. The van der Waals surface area contributed by atoms with Gasteiger partial charge < -0.3 is 4.90 Å². The Morgan fingerprint density at radius 3 is 2.53 bits per heavy atom. The monoisotopic (exact) mass is 303 g/mol. The van der Waals surface area contributed by atoms with E-state index in [2.05, 4.69) is 22.9 Å². The molecule has 4 heteroatoms. The summed E-state index contributed by atoms with van der Waals surface area (Å²) in [4.78, 5) is 1.83. The fourth-order valence-electron chi connectivity index (χ4n) is 2.39. The molecule has 1 fully saturated rings. The molecule has 17 heavy (non-hydrogen) atoms. The van der Waals surface area contributed by atoms with Crippen molar-refractivity contribution in [2.45, 2.75) is 25.1 Å². The molecule has 1 aromatic carbocycles. The Hall–Kier alpha value is -0.640. The van der Waals surface area contributed by atoms with E-state index in [1.165, 1.54) is 12.1 Å². The Labute approximate surface area is 109 Å². The van der Waals surface area contributed by atoms with E-state index in [1.807, 2.05) is 4.90 Å². The Morgan fingerprint density at radius 2 is 2.00 bits per heavy atom. The van der Waals surface area contributed by atoms with Crippen molar-refractivity contribution >= 4 is 21.6 Å². The lowest BCUT2D eigenvalue weighted by atomic mass is 9.99. The largest absolute Gasteiger partial charge is 0.367 e. The fraction of sp³-hybridized carbons (Fsp3) is 0.538. The van der Waals surface area contributed by atoms with Crippen molar-refractivity contribution in [1.29, 1.82) is 0 Å². The molecule has 2 rings (SSSR count). The van der Waals surface area contributed by atoms with Gasteiger partial charge in [-0.1, -0.05) is 22.9 Å². The molecule has 1 nitrogen and oxygen atoms in total. The van der Waals surface area contributed by atoms with E-state index >= 15 is 0 Å². The topological polar surface area (TPSA) is 3.24 Å². The second kappa shape index (κ2) is 5.34. The highest BCUT2D eigenvalue weighted by Gasteiger charge is 2.22. The predicted molar refractivity (Wildman–Crippen MR) is 69.6 cm³/mol. The Kier molecular flexibility index (Phi) is 4.02. The summed E-state index contributed by atoms with van der Waals surface area (Å²) in [5, 5.41) is 0.470. The van der Waals surface area contributed by atoms with E-state index < -0.39 is 11.6 Å². The van der Waals surface area contributed by atoms with Crippen molar-refractivity contribution in [2.75, 3.05) is 18.0 Å². The summed E-state index contributed by atoms with van der Waals surface area (Å²) in [5.74, 6) is -0.402. The fourth-order valence-corrected chi connectivity index (χ4v) is 2.71. The molecule has 94 valence electrons. The maximum absolute atomic E-state index is 13.9. The van der Waals surface area contributed by atoms with Crippen molar-refractivity contribution in [3.8, 4) is 0 Å². The van der Waals surface area contributed by atoms with Crippen LogP contribution >= 0.6 is 15.9 Å². The zero-order chi connectivity index (χ0) is 12.4. The highest BCUT2D eigenvalue weighted by Crippen LogP contribution is 2.29. The first kappa shape index (κ1) is 12.8. The van der Waals surface area contributed by atoms with E-state index in [1.54, 1.807) is 0 Å². The lowest BCUT2D eigenvalue weighted by Gasteiger charge is -2.33. The van der Waals surface area contributed by atoms with Crippen LogP contribution in [0.2, 0.25) is 0 Å². The Morgan fingerprint density at radius 1 is 1.35 bits per heavy atom. The molecule has 1 unspecified atom stereocenters. The first-order valence-corrected chi connectivity index (χ1v) is 7.02. The molecule has 0 radical (unpaired) electrons. The Bertz CT molecular complexity index is 385. The van der Waals surface area contributed by atoms with Gasteiger partial charge in [-0.2, -0.15) is 0 Å². The number of benzene rings is 1. The van der Waals surface area contributed by atoms with Gasteiger partial charge in [0.15, 0.2) is 0 Å². The molecule has 1 heterocycles. The second-order valence-corrected chi connectivity index (χ2v) is 5.30. The first-order valence-electron chi connectivity index (χ1n) is 5.90. The van der Waals surface area contributed by atoms with Crippen LogP contribution in [0.15, 0.2) is 12.1 Å². The van der Waals surface area contributed by atoms with Crippen LogP contribution in [0.3, 0.4) is 0 Å². The van der Waals surface area contributed by atoms with Gasteiger partial charge in [0.2, 0.25) is 0 Å². The summed E-state index contributed by atoms with van der Waals surface area (Å²) in [7, 11) is 0. The molecular formula is C13H16BrF2N. The molecule has 0 bridgehead atoms. The summed E-state index contributed by atoms with van der Waals surface area (Å²) in [6.07, 6.45) is 2.14. The molecule has 1 aromatic rings. The first-order chi connectivity index (χ1) is 8.11. The summed E-state index contributed by atoms with van der Waals surface area (Å²) in [6.45, 7) is 3.60. The van der Waals surface area contributed by atoms with E-state index in [0.29, 0.717) is 16.8 Å². The SMILES string of the molecule is CC1CCCN(c2c(F)cc(CBr)cc2F)C1. The van der Waals surface area contributed by atoms with Gasteiger partial charge in [-0.15, -0.1) is 0 Å². The average molecular weight is 304 g/mol. The zero-order valence-corrected chi connectivity index (χ0v) is 11.4. The van der Waals surface area contributed by atoms with Crippen molar-refractivity contribution in [3.63, 3.8) is 0 Å². The second-order valence-electron chi connectivity index (χ2n) is 4.74. The van der Waals surface area contributed by atoms with Crippen LogP contribution in [0.1, 0.15) is 25.3 Å². The standard InChI is InChI=1S/C13H16BrF2N/c1-9-3-2-4-17(8-9)13-11(15)5-10(7-14)6-12(13)16/h5-6,9H,2-4,7-8H2,1H3. The molecule has 0 saturated carbocycles. The normalized spacial score (nSPS) is 20.7. The quantitative estimate of drug-likeness (QED) is 0.744. The van der Waals surface area contributed by atoms with Crippen LogP contribution in [0.5, 0.6) is 0 Å². The molecule has 0 aliphatic carbocycles. The van der Waals surface area contributed by atoms with E-state index in [9.17, 15) is 8.78 Å². The lowest BCUT2D eigenvalue weighted by molar-refractivity contribution is 0.436. The maximum Gasteiger partial charge on any atom is 0.149 e. The van der Waals surface area contributed by atoms with Crippen LogP contribution in [-0.2, 0) is 5.33 Å². The van der Waals surface area contributed by atoms with Gasteiger partial charge in [0.05, 0.1) is 0 Å². The number of nitrogens with zero attached hydrogens (tertiary/aromatic N) is 1. The summed E-state index contributed by atoms with van der Waals surface area (Å²) in [5.41, 5.74) is 0.773. The average Bonchev–Trinajstić information content (AvgIpc) is 2.28. The van der Waals surface area contributed by atoms with Crippen molar-refractivity contribution in [3.05, 3.63) is 29.3 Å². The highest BCUT2D eigenvalue weighted by atomic mass is 79.9. The van der Waals surface area contributed by atoms with Crippen molar-refractivity contribution in [2.24, 2.45) is 5.92 Å². The van der Waals surface area contributed by atoms with Crippen molar-refractivity contribution in [1.82, 2.24) is 0 Å². The summed E-state index contributed by atoms with van der Waals surface area (Å²) in [6, 6.07) is 2.82. The molecule has 0 amide bonds. The zero-order valence-electron chi connectivity index (χ0n) is 9.85. The minimum atomic E-state index is -0.450. The van der Waals surface area contributed by atoms with E-state index in [0.717, 1.165) is 25.9 Å². The van der Waals surface area contributed by atoms with Crippen LogP contribution < -0.4 is 4.90 Å². The van der Waals surface area contributed by atoms with Crippen LogP contribution in [-0.4, -0.2) is 13.1 Å².